The molecule has 0 amide bonds. The first kappa shape index (κ1) is 15.0. The number of ether oxygens (including phenoxy) is 3. The monoisotopic (exact) mass is 297 g/mol. The fraction of sp³-hybridized carbons (Fsp3) is 0.500. The summed E-state index contributed by atoms with van der Waals surface area (Å²) in [6.07, 6.45) is 0.412. The Bertz CT molecular complexity index is 466. The molecule has 1 atom stereocenters. The lowest BCUT2D eigenvalue weighted by molar-refractivity contribution is -0.140. The number of benzene rings is 1. The Morgan fingerprint density at radius 3 is 2.90 bits per heavy atom. The van der Waals surface area contributed by atoms with Crippen LogP contribution in [-0.4, -0.2) is 37.8 Å². The van der Waals surface area contributed by atoms with Gasteiger partial charge in [-0.2, -0.15) is 11.8 Å². The van der Waals surface area contributed by atoms with E-state index >= 15 is 0 Å². The van der Waals surface area contributed by atoms with Crippen LogP contribution in [0.3, 0.4) is 0 Å². The van der Waals surface area contributed by atoms with Gasteiger partial charge in [-0.3, -0.25) is 4.79 Å². The zero-order valence-corrected chi connectivity index (χ0v) is 12.3. The largest absolute Gasteiger partial charge is 0.486 e. The molecule has 110 valence electrons. The van der Waals surface area contributed by atoms with E-state index in [1.165, 1.54) is 7.11 Å². The average Bonchev–Trinajstić information content (AvgIpc) is 2.50. The zero-order valence-electron chi connectivity index (χ0n) is 11.5. The van der Waals surface area contributed by atoms with Gasteiger partial charge < -0.3 is 19.9 Å². The summed E-state index contributed by atoms with van der Waals surface area (Å²) in [6, 6.07) is 5.69. The number of thioether (sulfide) groups is 1. The Morgan fingerprint density at radius 2 is 2.15 bits per heavy atom. The third-order valence-corrected chi connectivity index (χ3v) is 4.06. The first-order chi connectivity index (χ1) is 9.70. The number of methoxy groups -OCH3 is 1. The number of carbonyl (C=O) groups excluding carboxylic acids is 1. The van der Waals surface area contributed by atoms with Gasteiger partial charge in [-0.1, -0.05) is 6.07 Å². The van der Waals surface area contributed by atoms with E-state index in [9.17, 15) is 4.79 Å². The first-order valence-corrected chi connectivity index (χ1v) is 7.66. The number of hydrogen-bond donors (Lipinski definition) is 1. The summed E-state index contributed by atoms with van der Waals surface area (Å²) in [5.41, 5.74) is 7.16. The highest BCUT2D eigenvalue weighted by Crippen LogP contribution is 2.32. The second kappa shape index (κ2) is 7.40. The molecule has 0 saturated carbocycles. The molecule has 2 rings (SSSR count). The van der Waals surface area contributed by atoms with Gasteiger partial charge in [0.25, 0.3) is 0 Å². The van der Waals surface area contributed by atoms with Gasteiger partial charge in [-0.15, -0.1) is 0 Å². The van der Waals surface area contributed by atoms with E-state index in [-0.39, 0.29) is 12.0 Å². The molecule has 1 aromatic carbocycles. The van der Waals surface area contributed by atoms with Crippen molar-refractivity contribution >= 4 is 17.7 Å². The van der Waals surface area contributed by atoms with Gasteiger partial charge in [0, 0.05) is 17.5 Å². The van der Waals surface area contributed by atoms with Crippen LogP contribution in [0.25, 0.3) is 0 Å². The zero-order chi connectivity index (χ0) is 14.4. The maximum atomic E-state index is 11.0. The number of rotatable bonds is 6. The predicted molar refractivity (Wildman–Crippen MR) is 78.3 cm³/mol. The molecule has 6 heteroatoms. The predicted octanol–water partition coefficient (Wildman–Crippen LogP) is 1.75. The van der Waals surface area contributed by atoms with Crippen molar-refractivity contribution in [3.8, 4) is 11.5 Å². The second-order valence-electron chi connectivity index (χ2n) is 4.41. The molecule has 0 spiro atoms. The van der Waals surface area contributed by atoms with Gasteiger partial charge in [0.2, 0.25) is 0 Å². The second-order valence-corrected chi connectivity index (χ2v) is 5.56. The van der Waals surface area contributed by atoms with Crippen molar-refractivity contribution in [2.45, 2.75) is 12.5 Å². The van der Waals surface area contributed by atoms with E-state index in [2.05, 4.69) is 4.74 Å². The lowest BCUT2D eigenvalue weighted by Gasteiger charge is -2.20. The first-order valence-electron chi connectivity index (χ1n) is 6.50. The molecule has 1 unspecified atom stereocenters. The molecule has 0 aliphatic carbocycles. The van der Waals surface area contributed by atoms with Gasteiger partial charge in [-0.25, -0.2) is 0 Å². The molecular formula is C14H19NO4S. The molecule has 0 bridgehead atoms. The van der Waals surface area contributed by atoms with Gasteiger partial charge >= 0.3 is 5.97 Å². The van der Waals surface area contributed by atoms with E-state index in [1.54, 1.807) is 11.8 Å². The van der Waals surface area contributed by atoms with Crippen LogP contribution in [-0.2, 0) is 9.53 Å². The molecule has 0 radical (unpaired) electrons. The summed E-state index contributed by atoms with van der Waals surface area (Å²) in [5.74, 6) is 2.79. The number of carbonyl (C=O) groups is 1. The highest BCUT2D eigenvalue weighted by Gasteiger charge is 2.14. The normalized spacial score (nSPS) is 14.7. The minimum absolute atomic E-state index is 0.0894. The maximum Gasteiger partial charge on any atom is 0.306 e. The summed E-state index contributed by atoms with van der Waals surface area (Å²) in [7, 11) is 1.40. The third-order valence-electron chi connectivity index (χ3n) is 2.97. The molecule has 2 N–H and O–H groups in total. The Morgan fingerprint density at radius 1 is 1.40 bits per heavy atom. The molecular weight excluding hydrogens is 278 g/mol. The lowest BCUT2D eigenvalue weighted by atomic mass is 10.1. The molecule has 0 fully saturated rings. The Labute approximate surface area is 122 Å². The van der Waals surface area contributed by atoms with Crippen molar-refractivity contribution < 1.29 is 19.0 Å². The number of fused-ring (bicyclic) bond motifs is 1. The highest BCUT2D eigenvalue weighted by atomic mass is 32.2. The summed E-state index contributed by atoms with van der Waals surface area (Å²) < 4.78 is 15.6. The highest BCUT2D eigenvalue weighted by molar-refractivity contribution is 7.99. The Balaban J connectivity index is 1.83. The minimum atomic E-state index is -0.189. The third kappa shape index (κ3) is 4.05. The Hall–Kier alpha value is -1.40. The van der Waals surface area contributed by atoms with Crippen molar-refractivity contribution in [2.75, 3.05) is 31.8 Å². The van der Waals surface area contributed by atoms with Crippen LogP contribution in [0.1, 0.15) is 18.0 Å². The molecule has 1 heterocycles. The van der Waals surface area contributed by atoms with Crippen LogP contribution in [0.4, 0.5) is 0 Å². The average molecular weight is 297 g/mol. The quantitative estimate of drug-likeness (QED) is 0.637. The van der Waals surface area contributed by atoms with Crippen molar-refractivity contribution in [1.82, 2.24) is 0 Å². The Kier molecular flexibility index (Phi) is 5.55. The fourth-order valence-corrected chi connectivity index (χ4v) is 2.78. The van der Waals surface area contributed by atoms with Gasteiger partial charge in [-0.05, 0) is 17.7 Å². The van der Waals surface area contributed by atoms with E-state index in [0.717, 1.165) is 22.8 Å². The number of nitrogens with two attached hydrogens (primary N) is 1. The van der Waals surface area contributed by atoms with Crippen LogP contribution in [0.2, 0.25) is 0 Å². The maximum absolute atomic E-state index is 11.0. The summed E-state index contributed by atoms with van der Waals surface area (Å²) >= 11 is 1.64. The van der Waals surface area contributed by atoms with E-state index in [0.29, 0.717) is 25.4 Å². The molecule has 1 aromatic rings. The van der Waals surface area contributed by atoms with E-state index in [1.807, 2.05) is 18.2 Å². The van der Waals surface area contributed by atoms with Gasteiger partial charge in [0.15, 0.2) is 11.5 Å². The lowest BCUT2D eigenvalue weighted by Crippen LogP contribution is -2.17. The molecule has 0 saturated heterocycles. The number of hydrogen-bond acceptors (Lipinski definition) is 6. The van der Waals surface area contributed by atoms with Crippen molar-refractivity contribution in [3.05, 3.63) is 23.8 Å². The van der Waals surface area contributed by atoms with E-state index < -0.39 is 0 Å². The van der Waals surface area contributed by atoms with Crippen molar-refractivity contribution in [1.29, 1.82) is 0 Å². The van der Waals surface area contributed by atoms with Crippen LogP contribution in [0.15, 0.2) is 18.2 Å². The SMILES string of the molecule is COC(=O)CCSCC(N)c1ccc2c(c1)OCCO2. The van der Waals surface area contributed by atoms with Crippen molar-refractivity contribution in [2.24, 2.45) is 5.73 Å². The number of esters is 1. The molecule has 0 aromatic heterocycles. The van der Waals surface area contributed by atoms with Gasteiger partial charge in [0.05, 0.1) is 13.5 Å². The summed E-state index contributed by atoms with van der Waals surface area (Å²) in [5, 5.41) is 0. The molecule has 1 aliphatic heterocycles. The molecule has 5 nitrogen and oxygen atoms in total. The summed E-state index contributed by atoms with van der Waals surface area (Å²) in [6.45, 7) is 1.15. The topological polar surface area (TPSA) is 70.8 Å². The summed E-state index contributed by atoms with van der Waals surface area (Å²) in [4.78, 5) is 11.0. The van der Waals surface area contributed by atoms with Crippen LogP contribution < -0.4 is 15.2 Å². The van der Waals surface area contributed by atoms with E-state index in [4.69, 9.17) is 15.2 Å². The van der Waals surface area contributed by atoms with Crippen molar-refractivity contribution in [3.63, 3.8) is 0 Å². The van der Waals surface area contributed by atoms with Crippen LogP contribution in [0.5, 0.6) is 11.5 Å². The van der Waals surface area contributed by atoms with Crippen LogP contribution in [0, 0.1) is 0 Å². The van der Waals surface area contributed by atoms with Crippen LogP contribution >= 0.6 is 11.8 Å². The molecule has 20 heavy (non-hydrogen) atoms. The smallest absolute Gasteiger partial charge is 0.306 e. The van der Waals surface area contributed by atoms with Gasteiger partial charge in [0.1, 0.15) is 13.2 Å². The standard InChI is InChI=1S/C14H19NO4S/c1-17-14(16)4-7-20-9-11(15)10-2-3-12-13(8-10)19-6-5-18-12/h2-3,8,11H,4-7,9,15H2,1H3. The minimum Gasteiger partial charge on any atom is -0.486 e. The fourth-order valence-electron chi connectivity index (χ4n) is 1.85. The molecule has 1 aliphatic rings.